The van der Waals surface area contributed by atoms with Crippen molar-refractivity contribution in [2.75, 3.05) is 20.2 Å². The van der Waals surface area contributed by atoms with Crippen molar-refractivity contribution in [3.8, 4) is 0 Å². The minimum atomic E-state index is -1.25. The van der Waals surface area contributed by atoms with Gasteiger partial charge in [-0.1, -0.05) is 56.9 Å². The van der Waals surface area contributed by atoms with Crippen LogP contribution in [0.1, 0.15) is 41.4 Å². The highest BCUT2D eigenvalue weighted by molar-refractivity contribution is 6.76. The zero-order valence-electron chi connectivity index (χ0n) is 21.0. The highest BCUT2D eigenvalue weighted by Crippen LogP contribution is 2.31. The van der Waals surface area contributed by atoms with E-state index in [0.717, 1.165) is 22.6 Å². The standard InChI is InChI=1S/C26H37N3O3Si/c1-8-27(3)25(30)23-16-21-22(19(2)20-12-10-9-11-13-20)17-28(4)26(31)24(21)29(23)18-32-14-15-33(5,6)7/h9-13,16-17,19H,8,14-15,18H2,1-7H3. The largest absolute Gasteiger partial charge is 0.361 e. The first-order chi connectivity index (χ1) is 15.5. The van der Waals surface area contributed by atoms with Gasteiger partial charge in [0.15, 0.2) is 0 Å². The van der Waals surface area contributed by atoms with Crippen LogP contribution in [-0.4, -0.2) is 48.2 Å². The van der Waals surface area contributed by atoms with E-state index in [1.54, 1.807) is 28.1 Å². The van der Waals surface area contributed by atoms with Crippen molar-refractivity contribution in [3.63, 3.8) is 0 Å². The molecule has 0 aliphatic carbocycles. The van der Waals surface area contributed by atoms with E-state index >= 15 is 0 Å². The van der Waals surface area contributed by atoms with Gasteiger partial charge in [0.05, 0.1) is 0 Å². The molecule has 1 unspecified atom stereocenters. The summed E-state index contributed by atoms with van der Waals surface area (Å²) < 4.78 is 9.42. The van der Waals surface area contributed by atoms with Crippen LogP contribution >= 0.6 is 0 Å². The van der Waals surface area contributed by atoms with Crippen LogP contribution in [0.5, 0.6) is 0 Å². The number of aromatic nitrogens is 2. The molecule has 7 heteroatoms. The Balaban J connectivity index is 2.16. The molecule has 0 saturated carbocycles. The van der Waals surface area contributed by atoms with Gasteiger partial charge in [-0.05, 0) is 30.2 Å². The molecular formula is C26H37N3O3Si. The molecule has 0 saturated heterocycles. The third kappa shape index (κ3) is 5.47. The minimum absolute atomic E-state index is 0.0658. The average molecular weight is 468 g/mol. The molecule has 0 aliphatic heterocycles. The van der Waals surface area contributed by atoms with E-state index in [9.17, 15) is 9.59 Å². The summed E-state index contributed by atoms with van der Waals surface area (Å²) in [5.74, 6) is -0.0427. The third-order valence-corrected chi connectivity index (χ3v) is 7.99. The number of carbonyl (C=O) groups excluding carboxylic acids is 1. The molecule has 1 atom stereocenters. The van der Waals surface area contributed by atoms with Crippen LogP contribution < -0.4 is 5.56 Å². The lowest BCUT2D eigenvalue weighted by Gasteiger charge is -2.19. The zero-order valence-corrected chi connectivity index (χ0v) is 22.0. The van der Waals surface area contributed by atoms with E-state index < -0.39 is 8.07 Å². The van der Waals surface area contributed by atoms with Crippen LogP contribution in [0.3, 0.4) is 0 Å². The molecule has 0 radical (unpaired) electrons. The first kappa shape index (κ1) is 25.0. The van der Waals surface area contributed by atoms with Gasteiger partial charge < -0.3 is 18.8 Å². The smallest absolute Gasteiger partial charge is 0.274 e. The van der Waals surface area contributed by atoms with Gasteiger partial charge in [-0.25, -0.2) is 0 Å². The lowest BCUT2D eigenvalue weighted by Crippen LogP contribution is -2.30. The van der Waals surface area contributed by atoms with Crippen LogP contribution in [0.25, 0.3) is 10.9 Å². The maximum absolute atomic E-state index is 13.3. The van der Waals surface area contributed by atoms with Crippen molar-refractivity contribution in [2.45, 2.75) is 52.2 Å². The predicted octanol–water partition coefficient (Wildman–Crippen LogP) is 4.90. The van der Waals surface area contributed by atoms with Gasteiger partial charge in [0, 0.05) is 52.8 Å². The van der Waals surface area contributed by atoms with E-state index in [2.05, 4.69) is 38.7 Å². The molecular weight excluding hydrogens is 430 g/mol. The summed E-state index contributed by atoms with van der Waals surface area (Å²) in [6.07, 6.45) is 1.90. The number of carbonyl (C=O) groups is 1. The second-order valence-electron chi connectivity index (χ2n) is 10.0. The zero-order chi connectivity index (χ0) is 24.3. The number of amides is 1. The van der Waals surface area contributed by atoms with Crippen molar-refractivity contribution in [3.05, 3.63) is 69.8 Å². The molecule has 3 rings (SSSR count). The Morgan fingerprint density at radius 1 is 1.18 bits per heavy atom. The lowest BCUT2D eigenvalue weighted by atomic mass is 9.92. The summed E-state index contributed by atoms with van der Waals surface area (Å²) in [6.45, 7) is 12.4. The molecule has 0 N–H and O–H groups in total. The van der Waals surface area contributed by atoms with Gasteiger partial charge >= 0.3 is 0 Å². The lowest BCUT2D eigenvalue weighted by molar-refractivity contribution is 0.0717. The molecule has 0 spiro atoms. The van der Waals surface area contributed by atoms with E-state index in [1.165, 1.54) is 0 Å². The molecule has 1 amide bonds. The topological polar surface area (TPSA) is 56.5 Å². The molecule has 2 heterocycles. The van der Waals surface area contributed by atoms with Gasteiger partial charge in [-0.2, -0.15) is 0 Å². The van der Waals surface area contributed by atoms with Crippen molar-refractivity contribution in [2.24, 2.45) is 7.05 Å². The van der Waals surface area contributed by atoms with Crippen molar-refractivity contribution in [1.82, 2.24) is 14.0 Å². The Bertz CT molecular complexity index is 1180. The third-order valence-electron chi connectivity index (χ3n) is 6.29. The summed E-state index contributed by atoms with van der Waals surface area (Å²) in [4.78, 5) is 28.2. The fourth-order valence-corrected chi connectivity index (χ4v) is 4.71. The summed E-state index contributed by atoms with van der Waals surface area (Å²) in [5.41, 5.74) is 3.08. The number of rotatable bonds is 9. The molecule has 0 bridgehead atoms. The van der Waals surface area contributed by atoms with Gasteiger partial charge in [-0.15, -0.1) is 0 Å². The second-order valence-corrected chi connectivity index (χ2v) is 15.6. The second kappa shape index (κ2) is 10.1. The quantitative estimate of drug-likeness (QED) is 0.332. The average Bonchev–Trinajstić information content (AvgIpc) is 3.17. The highest BCUT2D eigenvalue weighted by atomic mass is 28.3. The summed E-state index contributed by atoms with van der Waals surface area (Å²) in [5, 5.41) is 0.816. The van der Waals surface area contributed by atoms with Crippen LogP contribution in [0.4, 0.5) is 0 Å². The number of hydrogen-bond donors (Lipinski definition) is 0. The molecule has 0 fully saturated rings. The molecule has 1 aromatic carbocycles. The number of pyridine rings is 1. The van der Waals surface area contributed by atoms with E-state index in [0.29, 0.717) is 24.4 Å². The van der Waals surface area contributed by atoms with Crippen LogP contribution in [-0.2, 0) is 18.5 Å². The Labute approximate surface area is 197 Å². The first-order valence-electron chi connectivity index (χ1n) is 11.7. The molecule has 0 aliphatic rings. The normalized spacial score (nSPS) is 12.8. The Morgan fingerprint density at radius 3 is 2.45 bits per heavy atom. The first-order valence-corrected chi connectivity index (χ1v) is 15.4. The van der Waals surface area contributed by atoms with Crippen molar-refractivity contribution < 1.29 is 9.53 Å². The highest BCUT2D eigenvalue weighted by Gasteiger charge is 2.24. The number of aryl methyl sites for hydroxylation is 1. The molecule has 2 aromatic heterocycles. The van der Waals surface area contributed by atoms with Gasteiger partial charge in [-0.3, -0.25) is 9.59 Å². The summed E-state index contributed by atoms with van der Waals surface area (Å²) >= 11 is 0. The maximum Gasteiger partial charge on any atom is 0.274 e. The number of ether oxygens (including phenoxy) is 1. The fourth-order valence-electron chi connectivity index (χ4n) is 3.95. The number of benzene rings is 1. The van der Waals surface area contributed by atoms with E-state index in [-0.39, 0.29) is 24.1 Å². The Hall–Kier alpha value is -2.64. The van der Waals surface area contributed by atoms with Crippen LogP contribution in [0.15, 0.2) is 47.4 Å². The Kier molecular flexibility index (Phi) is 7.64. The van der Waals surface area contributed by atoms with E-state index in [1.807, 2.05) is 37.4 Å². The molecule has 6 nitrogen and oxygen atoms in total. The maximum atomic E-state index is 13.3. The predicted molar refractivity (Wildman–Crippen MR) is 138 cm³/mol. The van der Waals surface area contributed by atoms with Gasteiger partial charge in [0.1, 0.15) is 17.9 Å². The van der Waals surface area contributed by atoms with Crippen LogP contribution in [0, 0.1) is 0 Å². The SMILES string of the molecule is CCN(C)C(=O)c1cc2c(C(C)c3ccccc3)cn(C)c(=O)c2n1COCC[Si](C)(C)C. The Morgan fingerprint density at radius 2 is 1.85 bits per heavy atom. The van der Waals surface area contributed by atoms with Gasteiger partial charge in [0.2, 0.25) is 0 Å². The fraction of sp³-hybridized carbons (Fsp3) is 0.462. The number of fused-ring (bicyclic) bond motifs is 1. The van der Waals surface area contributed by atoms with Crippen molar-refractivity contribution >= 4 is 24.9 Å². The monoisotopic (exact) mass is 467 g/mol. The van der Waals surface area contributed by atoms with Crippen LogP contribution in [0.2, 0.25) is 25.7 Å². The molecule has 33 heavy (non-hydrogen) atoms. The molecule has 3 aromatic rings. The van der Waals surface area contributed by atoms with E-state index in [4.69, 9.17) is 4.74 Å². The minimum Gasteiger partial charge on any atom is -0.361 e. The van der Waals surface area contributed by atoms with Crippen molar-refractivity contribution in [1.29, 1.82) is 0 Å². The summed E-state index contributed by atoms with van der Waals surface area (Å²) in [6, 6.07) is 13.1. The molecule has 178 valence electrons. The number of hydrogen-bond acceptors (Lipinski definition) is 3. The summed E-state index contributed by atoms with van der Waals surface area (Å²) in [7, 11) is 2.30. The van der Waals surface area contributed by atoms with Gasteiger partial charge in [0.25, 0.3) is 11.5 Å². The number of nitrogens with zero attached hydrogens (tertiary/aromatic N) is 3.